The van der Waals surface area contributed by atoms with Crippen LogP contribution in [0, 0.1) is 11.6 Å². The summed E-state index contributed by atoms with van der Waals surface area (Å²) >= 11 is 0. The zero-order valence-electron chi connectivity index (χ0n) is 13.6. The Morgan fingerprint density at radius 1 is 1.04 bits per heavy atom. The summed E-state index contributed by atoms with van der Waals surface area (Å²) in [6, 6.07) is 6.17. The molecule has 0 fully saturated rings. The highest BCUT2D eigenvalue weighted by Crippen LogP contribution is 2.32. The number of rotatable bonds is 1. The van der Waals surface area contributed by atoms with Crippen molar-refractivity contribution in [3.8, 4) is 0 Å². The fraction of sp³-hybridized carbons (Fsp3) is 0.158. The van der Waals surface area contributed by atoms with Gasteiger partial charge in [0.15, 0.2) is 11.6 Å². The van der Waals surface area contributed by atoms with Crippen molar-refractivity contribution in [1.29, 1.82) is 0 Å². The highest BCUT2D eigenvalue weighted by Gasteiger charge is 2.31. The van der Waals surface area contributed by atoms with Crippen LogP contribution in [-0.2, 0) is 12.7 Å². The van der Waals surface area contributed by atoms with Crippen LogP contribution in [0.3, 0.4) is 0 Å². The molecule has 0 radical (unpaired) electrons. The molecule has 0 aliphatic carbocycles. The molecule has 0 amide bonds. The molecule has 2 heterocycles. The molecule has 0 saturated carbocycles. The largest absolute Gasteiger partial charge is 0.416 e. The van der Waals surface area contributed by atoms with Crippen molar-refractivity contribution in [1.82, 2.24) is 9.55 Å². The quantitative estimate of drug-likeness (QED) is 0.579. The molecule has 3 aromatic rings. The first-order valence-electron chi connectivity index (χ1n) is 8.02. The first-order chi connectivity index (χ1) is 12.7. The number of hydrogen-bond donors (Lipinski definition) is 0. The van der Waals surface area contributed by atoms with Crippen LogP contribution in [0.4, 0.5) is 22.0 Å². The third-order valence-corrected chi connectivity index (χ3v) is 4.46. The lowest BCUT2D eigenvalue weighted by atomic mass is 10.1. The maximum atomic E-state index is 13.4. The zero-order chi connectivity index (χ0) is 19.3. The minimum Gasteiger partial charge on any atom is -0.292 e. The van der Waals surface area contributed by atoms with Crippen LogP contribution in [0.2, 0.25) is 0 Å². The van der Waals surface area contributed by atoms with Gasteiger partial charge in [0.05, 0.1) is 16.5 Å². The van der Waals surface area contributed by atoms with E-state index in [2.05, 4.69) is 4.98 Å². The summed E-state index contributed by atoms with van der Waals surface area (Å²) in [6.07, 6.45) is -2.59. The van der Waals surface area contributed by atoms with Gasteiger partial charge >= 0.3 is 6.18 Å². The molecule has 1 aliphatic heterocycles. The molecule has 2 aromatic carbocycles. The average Bonchev–Trinajstić information content (AvgIpc) is 3.00. The van der Waals surface area contributed by atoms with Gasteiger partial charge in [-0.05, 0) is 54.0 Å². The first kappa shape index (κ1) is 17.4. The molecule has 0 saturated heterocycles. The number of alkyl halides is 3. The molecule has 0 bridgehead atoms. The van der Waals surface area contributed by atoms with Gasteiger partial charge < -0.3 is 0 Å². The molecule has 138 valence electrons. The Kier molecular flexibility index (Phi) is 3.87. The number of halogens is 5. The van der Waals surface area contributed by atoms with Crippen LogP contribution in [0.15, 0.2) is 41.2 Å². The maximum Gasteiger partial charge on any atom is 0.416 e. The lowest BCUT2D eigenvalue weighted by Gasteiger charge is -2.09. The van der Waals surface area contributed by atoms with Gasteiger partial charge in [0.25, 0.3) is 5.56 Å². The van der Waals surface area contributed by atoms with Crippen LogP contribution in [0.1, 0.15) is 23.4 Å². The lowest BCUT2D eigenvalue weighted by molar-refractivity contribution is -0.137. The summed E-state index contributed by atoms with van der Waals surface area (Å²) in [5.41, 5.74) is -0.444. The first-order valence-corrected chi connectivity index (χ1v) is 8.02. The van der Waals surface area contributed by atoms with Crippen molar-refractivity contribution in [3.63, 3.8) is 0 Å². The summed E-state index contributed by atoms with van der Waals surface area (Å²) in [5.74, 6) is -1.76. The van der Waals surface area contributed by atoms with Crippen molar-refractivity contribution in [2.75, 3.05) is 0 Å². The van der Waals surface area contributed by atoms with E-state index in [1.54, 1.807) is 6.08 Å². The number of allylic oxidation sites excluding steroid dienone is 1. The minimum absolute atomic E-state index is 0.0563. The van der Waals surface area contributed by atoms with Crippen molar-refractivity contribution < 1.29 is 22.0 Å². The molecule has 3 nitrogen and oxygen atoms in total. The van der Waals surface area contributed by atoms with E-state index in [1.807, 2.05) is 0 Å². The van der Waals surface area contributed by atoms with E-state index >= 15 is 0 Å². The third-order valence-electron chi connectivity index (χ3n) is 4.46. The van der Waals surface area contributed by atoms with Gasteiger partial charge in [-0.1, -0.05) is 6.07 Å². The molecule has 8 heteroatoms. The van der Waals surface area contributed by atoms with Crippen molar-refractivity contribution in [2.45, 2.75) is 19.1 Å². The molecular weight excluding hydrogens is 367 g/mol. The van der Waals surface area contributed by atoms with Gasteiger partial charge in [0.2, 0.25) is 0 Å². The summed E-state index contributed by atoms with van der Waals surface area (Å²) in [4.78, 5) is 16.8. The number of fused-ring (bicyclic) bond motifs is 2. The normalized spacial score (nSPS) is 15.5. The van der Waals surface area contributed by atoms with E-state index in [0.29, 0.717) is 24.1 Å². The second-order valence-electron chi connectivity index (χ2n) is 6.22. The Labute approximate surface area is 149 Å². The zero-order valence-corrected chi connectivity index (χ0v) is 13.6. The van der Waals surface area contributed by atoms with E-state index in [-0.39, 0.29) is 16.7 Å². The molecule has 0 unspecified atom stereocenters. The van der Waals surface area contributed by atoms with E-state index in [1.165, 1.54) is 10.6 Å². The number of aromatic nitrogens is 2. The lowest BCUT2D eigenvalue weighted by Crippen LogP contribution is -2.21. The van der Waals surface area contributed by atoms with Crippen LogP contribution >= 0.6 is 0 Å². The predicted molar refractivity (Wildman–Crippen MR) is 89.9 cm³/mol. The number of nitrogens with zero attached hydrogens (tertiary/aromatic N) is 2. The maximum absolute atomic E-state index is 13.4. The summed E-state index contributed by atoms with van der Waals surface area (Å²) in [7, 11) is 0. The van der Waals surface area contributed by atoms with Crippen LogP contribution < -0.4 is 5.56 Å². The summed E-state index contributed by atoms with van der Waals surface area (Å²) in [5, 5.41) is 0.0980. The molecular formula is C19H11F5N2O. The smallest absolute Gasteiger partial charge is 0.292 e. The monoisotopic (exact) mass is 378 g/mol. The van der Waals surface area contributed by atoms with Crippen LogP contribution in [0.25, 0.3) is 22.6 Å². The topological polar surface area (TPSA) is 34.9 Å². The molecule has 0 N–H and O–H groups in total. The van der Waals surface area contributed by atoms with Crippen LogP contribution in [-0.4, -0.2) is 9.55 Å². The van der Waals surface area contributed by atoms with E-state index < -0.39 is 28.9 Å². The van der Waals surface area contributed by atoms with Gasteiger partial charge in [-0.2, -0.15) is 13.2 Å². The van der Waals surface area contributed by atoms with Gasteiger partial charge in [0.1, 0.15) is 5.82 Å². The summed E-state index contributed by atoms with van der Waals surface area (Å²) < 4.78 is 66.6. The highest BCUT2D eigenvalue weighted by atomic mass is 19.4. The molecule has 1 aromatic heterocycles. The molecule has 4 rings (SSSR count). The van der Waals surface area contributed by atoms with Crippen molar-refractivity contribution in [3.05, 3.63) is 75.3 Å². The van der Waals surface area contributed by atoms with E-state index in [0.717, 1.165) is 30.3 Å². The Morgan fingerprint density at radius 3 is 2.52 bits per heavy atom. The van der Waals surface area contributed by atoms with Gasteiger partial charge in [-0.25, -0.2) is 13.8 Å². The average molecular weight is 378 g/mol. The fourth-order valence-electron chi connectivity index (χ4n) is 3.13. The fourth-order valence-corrected chi connectivity index (χ4v) is 3.13. The Morgan fingerprint density at radius 2 is 1.81 bits per heavy atom. The number of hydrogen-bond acceptors (Lipinski definition) is 2. The van der Waals surface area contributed by atoms with Crippen LogP contribution in [0.5, 0.6) is 0 Å². The molecule has 0 atom stereocenters. The molecule has 27 heavy (non-hydrogen) atoms. The minimum atomic E-state index is -4.55. The molecule has 0 spiro atoms. The Hall–Kier alpha value is -3.03. The predicted octanol–water partition coefficient (Wildman–Crippen LogP) is 4.64. The summed E-state index contributed by atoms with van der Waals surface area (Å²) in [6.45, 7) is 0.313. The number of benzene rings is 2. The van der Waals surface area contributed by atoms with Gasteiger partial charge in [-0.3, -0.25) is 9.36 Å². The highest BCUT2D eigenvalue weighted by molar-refractivity contribution is 5.85. The standard InChI is InChI=1S/C19H11F5N2O/c20-14-4-1-10(8-15(14)21)7-11-5-6-26-17(11)25-16-9-12(19(22,23)24)2-3-13(16)18(26)27/h1-4,7-9H,5-6H2/b11-7+. The third kappa shape index (κ3) is 3.01. The van der Waals surface area contributed by atoms with Gasteiger partial charge in [0, 0.05) is 6.54 Å². The molecule has 1 aliphatic rings. The van der Waals surface area contributed by atoms with E-state index in [4.69, 9.17) is 0 Å². The Balaban J connectivity index is 1.87. The van der Waals surface area contributed by atoms with E-state index in [9.17, 15) is 26.7 Å². The van der Waals surface area contributed by atoms with Crippen molar-refractivity contribution >= 4 is 22.6 Å². The Bertz CT molecular complexity index is 1160. The second kappa shape index (κ2) is 6.00. The van der Waals surface area contributed by atoms with Crippen molar-refractivity contribution in [2.24, 2.45) is 0 Å². The van der Waals surface area contributed by atoms with Gasteiger partial charge in [-0.15, -0.1) is 0 Å². The second-order valence-corrected chi connectivity index (χ2v) is 6.22. The SMILES string of the molecule is O=c1c2ccc(C(F)(F)F)cc2nc2n1CC/C2=C\c1ccc(F)c(F)c1.